The molecule has 1 aliphatic carbocycles. The molecule has 0 atom stereocenters. The zero-order valence-electron chi connectivity index (χ0n) is 16.5. The summed E-state index contributed by atoms with van der Waals surface area (Å²) in [5, 5.41) is 2.89. The van der Waals surface area contributed by atoms with E-state index in [4.69, 9.17) is 4.74 Å². The Kier molecular flexibility index (Phi) is 7.86. The summed E-state index contributed by atoms with van der Waals surface area (Å²) in [7, 11) is -2.29. The minimum Gasteiger partial charge on any atom is -0.495 e. The number of carbonyl (C=O) groups excluding carboxylic acids is 1. The monoisotopic (exact) mass is 394 g/mol. The number of hydrogen-bond donors (Lipinski definition) is 1. The smallest absolute Gasteiger partial charge is 0.251 e. The van der Waals surface area contributed by atoms with Crippen molar-refractivity contribution in [2.75, 3.05) is 26.7 Å². The van der Waals surface area contributed by atoms with E-state index < -0.39 is 10.0 Å². The molecule has 0 saturated carbocycles. The Morgan fingerprint density at radius 2 is 1.96 bits per heavy atom. The van der Waals surface area contributed by atoms with Gasteiger partial charge in [0.2, 0.25) is 10.0 Å². The zero-order valence-corrected chi connectivity index (χ0v) is 17.3. The van der Waals surface area contributed by atoms with Crippen molar-refractivity contribution < 1.29 is 17.9 Å². The van der Waals surface area contributed by atoms with Crippen LogP contribution in [0.1, 0.15) is 56.3 Å². The Morgan fingerprint density at radius 1 is 1.22 bits per heavy atom. The number of rotatable bonds is 9. The summed E-state index contributed by atoms with van der Waals surface area (Å²) in [4.78, 5) is 12.5. The average molecular weight is 395 g/mol. The van der Waals surface area contributed by atoms with Crippen LogP contribution in [0.5, 0.6) is 5.75 Å². The lowest BCUT2D eigenvalue weighted by molar-refractivity contribution is 0.0953. The fourth-order valence-electron chi connectivity index (χ4n) is 3.29. The lowest BCUT2D eigenvalue weighted by atomic mass is 9.97. The Morgan fingerprint density at radius 3 is 2.56 bits per heavy atom. The summed E-state index contributed by atoms with van der Waals surface area (Å²) in [6, 6.07) is 4.53. The van der Waals surface area contributed by atoms with Gasteiger partial charge in [-0.25, -0.2) is 8.42 Å². The number of hydrogen-bond acceptors (Lipinski definition) is 4. The highest BCUT2D eigenvalue weighted by Gasteiger charge is 2.26. The van der Waals surface area contributed by atoms with Crippen molar-refractivity contribution in [2.24, 2.45) is 0 Å². The van der Waals surface area contributed by atoms with E-state index >= 15 is 0 Å². The molecule has 27 heavy (non-hydrogen) atoms. The minimum absolute atomic E-state index is 0.0244. The molecule has 0 aliphatic heterocycles. The summed E-state index contributed by atoms with van der Waals surface area (Å²) in [6.45, 7) is 4.82. The summed E-state index contributed by atoms with van der Waals surface area (Å²) >= 11 is 0. The second kappa shape index (κ2) is 9.90. The minimum atomic E-state index is -3.72. The molecule has 7 heteroatoms. The molecule has 0 spiro atoms. The Balaban J connectivity index is 2.15. The third-order valence-electron chi connectivity index (χ3n) is 4.87. The maximum Gasteiger partial charge on any atom is 0.251 e. The van der Waals surface area contributed by atoms with Crippen LogP contribution in [0, 0.1) is 0 Å². The van der Waals surface area contributed by atoms with Crippen molar-refractivity contribution in [3.05, 3.63) is 35.4 Å². The van der Waals surface area contributed by atoms with Gasteiger partial charge in [0, 0.05) is 25.2 Å². The topological polar surface area (TPSA) is 75.7 Å². The van der Waals surface area contributed by atoms with Crippen molar-refractivity contribution in [2.45, 2.75) is 50.8 Å². The highest BCUT2D eigenvalue weighted by atomic mass is 32.2. The van der Waals surface area contributed by atoms with Crippen LogP contribution < -0.4 is 10.1 Å². The molecule has 6 nitrogen and oxygen atoms in total. The normalized spacial score (nSPS) is 14.7. The quantitative estimate of drug-likeness (QED) is 0.652. The number of nitrogens with zero attached hydrogens (tertiary/aromatic N) is 1. The lowest BCUT2D eigenvalue weighted by Gasteiger charge is -2.20. The maximum atomic E-state index is 12.9. The number of carbonyl (C=O) groups is 1. The standard InChI is InChI=1S/C20H30N2O4S/c1-4-22(5-2)27(24,25)19-15-17(11-12-18(19)26-3)20(23)21-14-13-16-9-7-6-8-10-16/h9,11-12,15H,4-8,10,13-14H2,1-3H3,(H,21,23). The van der Waals surface area contributed by atoms with E-state index in [2.05, 4.69) is 11.4 Å². The number of methoxy groups -OCH3 is 1. The molecule has 0 unspecified atom stereocenters. The van der Waals surface area contributed by atoms with E-state index in [9.17, 15) is 13.2 Å². The second-order valence-corrected chi connectivity index (χ2v) is 8.48. The van der Waals surface area contributed by atoms with Crippen LogP contribution in [-0.4, -0.2) is 45.4 Å². The van der Waals surface area contributed by atoms with E-state index in [1.165, 1.54) is 42.0 Å². The highest BCUT2D eigenvalue weighted by Crippen LogP contribution is 2.28. The largest absolute Gasteiger partial charge is 0.495 e. The third kappa shape index (κ3) is 5.32. The Labute approximate surface area is 162 Å². The number of amides is 1. The lowest BCUT2D eigenvalue weighted by Crippen LogP contribution is -2.31. The molecule has 1 amide bonds. The fraction of sp³-hybridized carbons (Fsp3) is 0.550. The predicted octanol–water partition coefficient (Wildman–Crippen LogP) is 3.35. The number of benzene rings is 1. The first-order valence-corrected chi connectivity index (χ1v) is 11.0. The number of allylic oxidation sites excluding steroid dienone is 1. The first-order valence-electron chi connectivity index (χ1n) is 9.58. The van der Waals surface area contributed by atoms with Crippen LogP contribution in [0.15, 0.2) is 34.7 Å². The number of ether oxygens (including phenoxy) is 1. The van der Waals surface area contributed by atoms with Crippen molar-refractivity contribution in [1.82, 2.24) is 9.62 Å². The maximum absolute atomic E-state index is 12.9. The molecule has 0 fully saturated rings. The van der Waals surface area contributed by atoms with Crippen LogP contribution in [0.4, 0.5) is 0 Å². The van der Waals surface area contributed by atoms with Gasteiger partial charge in [0.05, 0.1) is 7.11 Å². The van der Waals surface area contributed by atoms with Crippen LogP contribution in [0.25, 0.3) is 0 Å². The fourth-order valence-corrected chi connectivity index (χ4v) is 4.93. The molecular weight excluding hydrogens is 364 g/mol. The SMILES string of the molecule is CCN(CC)S(=O)(=O)c1cc(C(=O)NCCC2=CCCCC2)ccc1OC. The predicted molar refractivity (Wildman–Crippen MR) is 107 cm³/mol. The Hall–Kier alpha value is -1.86. The molecule has 2 rings (SSSR count). The molecule has 0 radical (unpaired) electrons. The van der Waals surface area contributed by atoms with Crippen molar-refractivity contribution in [3.63, 3.8) is 0 Å². The van der Waals surface area contributed by atoms with Gasteiger partial charge in [0.15, 0.2) is 0 Å². The van der Waals surface area contributed by atoms with E-state index in [-0.39, 0.29) is 16.6 Å². The Bertz CT molecular complexity index is 783. The van der Waals surface area contributed by atoms with Crippen molar-refractivity contribution in [3.8, 4) is 5.75 Å². The molecule has 0 bridgehead atoms. The summed E-state index contributed by atoms with van der Waals surface area (Å²) in [6.07, 6.45) is 7.78. The number of sulfonamides is 1. The molecule has 0 saturated heterocycles. The van der Waals surface area contributed by atoms with Crippen LogP contribution in [-0.2, 0) is 10.0 Å². The first-order chi connectivity index (χ1) is 12.9. The summed E-state index contributed by atoms with van der Waals surface area (Å²) in [5.41, 5.74) is 1.71. The summed E-state index contributed by atoms with van der Waals surface area (Å²) < 4.78 is 32.3. The molecule has 1 aromatic rings. The highest BCUT2D eigenvalue weighted by molar-refractivity contribution is 7.89. The van der Waals surface area contributed by atoms with E-state index in [0.717, 1.165) is 19.3 Å². The molecule has 0 aromatic heterocycles. The van der Waals surface area contributed by atoms with Crippen LogP contribution >= 0.6 is 0 Å². The van der Waals surface area contributed by atoms with Gasteiger partial charge in [-0.3, -0.25) is 4.79 Å². The number of nitrogens with one attached hydrogen (secondary N) is 1. The van der Waals surface area contributed by atoms with E-state index in [0.29, 0.717) is 25.2 Å². The van der Waals surface area contributed by atoms with Crippen LogP contribution in [0.2, 0.25) is 0 Å². The van der Waals surface area contributed by atoms with Gasteiger partial charge >= 0.3 is 0 Å². The second-order valence-electron chi connectivity index (χ2n) is 6.57. The zero-order chi connectivity index (χ0) is 19.9. The van der Waals surface area contributed by atoms with Gasteiger partial charge in [-0.2, -0.15) is 4.31 Å². The molecular formula is C20H30N2O4S. The van der Waals surface area contributed by atoms with Crippen LogP contribution in [0.3, 0.4) is 0 Å². The van der Waals surface area contributed by atoms with Gasteiger partial charge in [0.1, 0.15) is 10.6 Å². The van der Waals surface area contributed by atoms with E-state index in [1.807, 2.05) is 0 Å². The van der Waals surface area contributed by atoms with Gasteiger partial charge in [0.25, 0.3) is 5.91 Å². The summed E-state index contributed by atoms with van der Waals surface area (Å²) in [5.74, 6) is -0.0316. The van der Waals surface area contributed by atoms with Crippen molar-refractivity contribution in [1.29, 1.82) is 0 Å². The van der Waals surface area contributed by atoms with Gasteiger partial charge in [-0.1, -0.05) is 25.5 Å². The van der Waals surface area contributed by atoms with Gasteiger partial charge in [-0.05, 0) is 50.3 Å². The van der Waals surface area contributed by atoms with Gasteiger partial charge < -0.3 is 10.1 Å². The molecule has 1 aliphatic rings. The molecule has 1 aromatic carbocycles. The van der Waals surface area contributed by atoms with E-state index in [1.54, 1.807) is 19.9 Å². The molecule has 1 N–H and O–H groups in total. The third-order valence-corrected chi connectivity index (χ3v) is 6.94. The van der Waals surface area contributed by atoms with Gasteiger partial charge in [-0.15, -0.1) is 0 Å². The van der Waals surface area contributed by atoms with Crippen molar-refractivity contribution >= 4 is 15.9 Å². The first kappa shape index (κ1) is 21.4. The average Bonchev–Trinajstić information content (AvgIpc) is 2.69. The molecule has 150 valence electrons. The molecule has 0 heterocycles.